The van der Waals surface area contributed by atoms with Crippen molar-refractivity contribution in [2.75, 3.05) is 59.7 Å². The molecular weight excluding hydrogens is 418 g/mol. The molecule has 0 aliphatic rings. The highest BCUT2D eigenvalue weighted by Gasteiger charge is 2.16. The minimum atomic E-state index is -1.22. The Morgan fingerprint density at radius 2 is 1.45 bits per heavy atom. The van der Waals surface area contributed by atoms with Crippen LogP contribution in [0.3, 0.4) is 0 Å². The van der Waals surface area contributed by atoms with Gasteiger partial charge in [-0.2, -0.15) is 0 Å². The standard InChI is InChI=1S/C18H33N3O10/c1-13(23)31-15(9-22)12-29-17(26)4-3-16(25)28-10-14(24)11-30-18(27)21-8-7-20-6-5-19-2/h14-15,19-20,22,24H,3-12H2,1-2H3,(H,21,27). The van der Waals surface area contributed by atoms with Crippen molar-refractivity contribution in [2.24, 2.45) is 0 Å². The molecule has 0 aromatic rings. The molecule has 0 saturated carbocycles. The molecule has 0 aromatic carbocycles. The number of hydrogen-bond acceptors (Lipinski definition) is 12. The third-order valence-corrected chi connectivity index (χ3v) is 3.47. The third-order valence-electron chi connectivity index (χ3n) is 3.47. The van der Waals surface area contributed by atoms with Crippen LogP contribution in [0.1, 0.15) is 19.8 Å². The van der Waals surface area contributed by atoms with Crippen molar-refractivity contribution in [1.29, 1.82) is 0 Å². The molecule has 0 saturated heterocycles. The van der Waals surface area contributed by atoms with E-state index >= 15 is 0 Å². The van der Waals surface area contributed by atoms with Crippen LogP contribution in [0, 0.1) is 0 Å². The lowest BCUT2D eigenvalue weighted by Crippen LogP contribution is -2.36. The van der Waals surface area contributed by atoms with Crippen LogP contribution in [-0.4, -0.2) is 106 Å². The first kappa shape index (κ1) is 28.5. The van der Waals surface area contributed by atoms with E-state index in [-0.39, 0.29) is 26.1 Å². The number of alkyl carbamates (subject to hydrolysis) is 1. The molecule has 0 radical (unpaired) electrons. The molecule has 0 bridgehead atoms. The summed E-state index contributed by atoms with van der Waals surface area (Å²) in [7, 11) is 1.83. The van der Waals surface area contributed by atoms with E-state index in [2.05, 4.69) is 16.0 Å². The maximum absolute atomic E-state index is 11.6. The molecule has 2 atom stereocenters. The van der Waals surface area contributed by atoms with E-state index in [1.165, 1.54) is 0 Å². The summed E-state index contributed by atoms with van der Waals surface area (Å²) in [5, 5.41) is 27.2. The highest BCUT2D eigenvalue weighted by molar-refractivity contribution is 5.77. The smallest absolute Gasteiger partial charge is 0.407 e. The summed E-state index contributed by atoms with van der Waals surface area (Å²) in [6, 6.07) is 0. The molecule has 180 valence electrons. The highest BCUT2D eigenvalue weighted by atomic mass is 16.6. The lowest BCUT2D eigenvalue weighted by Gasteiger charge is -2.14. The Labute approximate surface area is 180 Å². The minimum absolute atomic E-state index is 0.297. The summed E-state index contributed by atoms with van der Waals surface area (Å²) in [5.74, 6) is -2.13. The Morgan fingerprint density at radius 1 is 0.871 bits per heavy atom. The fraction of sp³-hybridized carbons (Fsp3) is 0.778. The molecule has 31 heavy (non-hydrogen) atoms. The molecular formula is C18H33N3O10. The molecule has 0 aromatic heterocycles. The predicted octanol–water partition coefficient (Wildman–Crippen LogP) is -2.33. The van der Waals surface area contributed by atoms with Crippen molar-refractivity contribution in [3.05, 3.63) is 0 Å². The lowest BCUT2D eigenvalue weighted by molar-refractivity contribution is -0.160. The molecule has 0 rings (SSSR count). The minimum Gasteiger partial charge on any atom is -0.463 e. The van der Waals surface area contributed by atoms with Gasteiger partial charge in [-0.1, -0.05) is 0 Å². The van der Waals surface area contributed by atoms with Crippen molar-refractivity contribution in [3.63, 3.8) is 0 Å². The van der Waals surface area contributed by atoms with Crippen molar-refractivity contribution in [1.82, 2.24) is 16.0 Å². The van der Waals surface area contributed by atoms with Crippen LogP contribution in [0.2, 0.25) is 0 Å². The number of nitrogens with one attached hydrogen (secondary N) is 3. The number of amides is 1. The molecule has 0 aliphatic heterocycles. The number of aliphatic hydroxyl groups excluding tert-OH is 2. The van der Waals surface area contributed by atoms with E-state index in [9.17, 15) is 24.3 Å². The van der Waals surface area contributed by atoms with E-state index in [4.69, 9.17) is 24.1 Å². The summed E-state index contributed by atoms with van der Waals surface area (Å²) in [6.45, 7) is 1.99. The van der Waals surface area contributed by atoms with Gasteiger partial charge in [-0.25, -0.2) is 4.79 Å². The van der Waals surface area contributed by atoms with Gasteiger partial charge in [0.05, 0.1) is 19.4 Å². The molecule has 5 N–H and O–H groups in total. The van der Waals surface area contributed by atoms with Crippen LogP contribution in [0.4, 0.5) is 4.79 Å². The maximum atomic E-state index is 11.6. The summed E-state index contributed by atoms with van der Waals surface area (Å²) < 4.78 is 19.1. The average molecular weight is 451 g/mol. The Balaban J connectivity index is 3.80. The Morgan fingerprint density at radius 3 is 2.03 bits per heavy atom. The second-order valence-electron chi connectivity index (χ2n) is 6.31. The summed E-state index contributed by atoms with van der Waals surface area (Å²) in [5.41, 5.74) is 0. The number of hydrogen-bond donors (Lipinski definition) is 5. The van der Waals surface area contributed by atoms with E-state index in [0.29, 0.717) is 13.1 Å². The van der Waals surface area contributed by atoms with Gasteiger partial charge in [-0.05, 0) is 7.05 Å². The number of rotatable bonds is 17. The maximum Gasteiger partial charge on any atom is 0.407 e. The van der Waals surface area contributed by atoms with Gasteiger partial charge in [0.2, 0.25) is 0 Å². The zero-order valence-corrected chi connectivity index (χ0v) is 17.9. The van der Waals surface area contributed by atoms with Gasteiger partial charge in [0.1, 0.15) is 25.9 Å². The molecule has 0 aliphatic carbocycles. The van der Waals surface area contributed by atoms with E-state index in [0.717, 1.165) is 20.0 Å². The highest BCUT2D eigenvalue weighted by Crippen LogP contribution is 2.00. The second kappa shape index (κ2) is 18.3. The van der Waals surface area contributed by atoms with Crippen molar-refractivity contribution in [3.8, 4) is 0 Å². The Kier molecular flexibility index (Phi) is 16.8. The van der Waals surface area contributed by atoms with Gasteiger partial charge in [-0.15, -0.1) is 0 Å². The van der Waals surface area contributed by atoms with Crippen molar-refractivity contribution >= 4 is 24.0 Å². The van der Waals surface area contributed by atoms with E-state index in [1.54, 1.807) is 0 Å². The molecule has 2 unspecified atom stereocenters. The molecule has 0 heterocycles. The summed E-state index contributed by atoms with van der Waals surface area (Å²) in [4.78, 5) is 45.4. The van der Waals surface area contributed by atoms with E-state index in [1.807, 2.05) is 7.05 Å². The molecule has 13 heteroatoms. The number of carbonyl (C=O) groups excluding carboxylic acids is 4. The van der Waals surface area contributed by atoms with Crippen LogP contribution in [-0.2, 0) is 33.3 Å². The first-order chi connectivity index (χ1) is 14.8. The fourth-order valence-electron chi connectivity index (χ4n) is 1.94. The number of likely N-dealkylation sites (N-methyl/N-ethyl adjacent to an activating group) is 1. The van der Waals surface area contributed by atoms with Crippen molar-refractivity contribution < 1.29 is 48.3 Å². The quantitative estimate of drug-likeness (QED) is 0.0905. The van der Waals surface area contributed by atoms with Crippen LogP contribution >= 0.6 is 0 Å². The van der Waals surface area contributed by atoms with Gasteiger partial charge in [0.25, 0.3) is 0 Å². The number of ether oxygens (including phenoxy) is 4. The lowest BCUT2D eigenvalue weighted by atomic mass is 10.3. The topological polar surface area (TPSA) is 182 Å². The molecule has 0 fully saturated rings. The van der Waals surface area contributed by atoms with Crippen LogP contribution < -0.4 is 16.0 Å². The van der Waals surface area contributed by atoms with Gasteiger partial charge in [0.15, 0.2) is 6.10 Å². The first-order valence-corrected chi connectivity index (χ1v) is 9.81. The largest absolute Gasteiger partial charge is 0.463 e. The van der Waals surface area contributed by atoms with Crippen LogP contribution in [0.5, 0.6) is 0 Å². The monoisotopic (exact) mass is 451 g/mol. The van der Waals surface area contributed by atoms with Crippen LogP contribution in [0.15, 0.2) is 0 Å². The molecule has 0 spiro atoms. The normalized spacial score (nSPS) is 12.4. The van der Waals surface area contributed by atoms with Crippen molar-refractivity contribution in [2.45, 2.75) is 32.0 Å². The van der Waals surface area contributed by atoms with Crippen LogP contribution in [0.25, 0.3) is 0 Å². The molecule has 1 amide bonds. The predicted molar refractivity (Wildman–Crippen MR) is 106 cm³/mol. The second-order valence-corrected chi connectivity index (χ2v) is 6.31. The fourth-order valence-corrected chi connectivity index (χ4v) is 1.94. The zero-order valence-electron chi connectivity index (χ0n) is 17.9. The molecule has 13 nitrogen and oxygen atoms in total. The number of carbonyl (C=O) groups is 4. The van der Waals surface area contributed by atoms with E-state index < -0.39 is 49.4 Å². The number of esters is 3. The van der Waals surface area contributed by atoms with Gasteiger partial charge < -0.3 is 45.1 Å². The summed E-state index contributed by atoms with van der Waals surface area (Å²) >= 11 is 0. The average Bonchev–Trinajstić information content (AvgIpc) is 2.74. The zero-order chi connectivity index (χ0) is 23.5. The van der Waals surface area contributed by atoms with Gasteiger partial charge >= 0.3 is 24.0 Å². The van der Waals surface area contributed by atoms with Gasteiger partial charge in [-0.3, -0.25) is 14.4 Å². The summed E-state index contributed by atoms with van der Waals surface area (Å²) in [6.07, 6.45) is -3.50. The SMILES string of the molecule is CNCCNCCNC(=O)OCC(O)COC(=O)CCC(=O)OCC(CO)OC(C)=O. The van der Waals surface area contributed by atoms with Gasteiger partial charge in [0, 0.05) is 33.1 Å². The first-order valence-electron chi connectivity index (χ1n) is 9.81. The number of aliphatic hydroxyl groups is 2. The Hall–Kier alpha value is -2.48. The third kappa shape index (κ3) is 18.0. The Bertz CT molecular complexity index is 547.